The van der Waals surface area contributed by atoms with Crippen LogP contribution >= 0.6 is 23.1 Å². The van der Waals surface area contributed by atoms with Crippen LogP contribution in [0.4, 0.5) is 11.4 Å². The first-order valence-electron chi connectivity index (χ1n) is 11.9. The molecule has 0 aliphatic heterocycles. The zero-order valence-electron chi connectivity index (χ0n) is 20.9. The molecule has 3 aromatic carbocycles. The fraction of sp³-hybridized carbons (Fsp3) is 0.100. The minimum atomic E-state index is -0.451. The predicted molar refractivity (Wildman–Crippen MR) is 156 cm³/mol. The lowest BCUT2D eigenvalue weighted by Crippen LogP contribution is -2.30. The fourth-order valence-corrected chi connectivity index (χ4v) is 5.06. The second-order valence-electron chi connectivity index (χ2n) is 8.48. The van der Waals surface area contributed by atoms with E-state index in [4.69, 9.17) is 0 Å². The van der Waals surface area contributed by atoms with Crippen molar-refractivity contribution >= 4 is 58.3 Å². The molecular formula is C30H27N3O3S2. The van der Waals surface area contributed by atoms with E-state index in [1.54, 1.807) is 42.5 Å². The van der Waals surface area contributed by atoms with Gasteiger partial charge in [-0.1, -0.05) is 42.5 Å². The van der Waals surface area contributed by atoms with Gasteiger partial charge < -0.3 is 16.0 Å². The van der Waals surface area contributed by atoms with E-state index in [1.807, 2.05) is 73.1 Å². The van der Waals surface area contributed by atoms with Crippen molar-refractivity contribution in [3.63, 3.8) is 0 Å². The van der Waals surface area contributed by atoms with Crippen LogP contribution in [0, 0.1) is 6.92 Å². The van der Waals surface area contributed by atoms with Crippen LogP contribution in [0.5, 0.6) is 0 Å². The Morgan fingerprint density at radius 2 is 1.66 bits per heavy atom. The maximum Gasteiger partial charge on any atom is 0.272 e. The molecule has 1 aromatic heterocycles. The van der Waals surface area contributed by atoms with Gasteiger partial charge in [-0.2, -0.15) is 11.3 Å². The van der Waals surface area contributed by atoms with Gasteiger partial charge in [-0.05, 0) is 84.3 Å². The molecule has 0 spiro atoms. The smallest absolute Gasteiger partial charge is 0.272 e. The molecule has 1 heterocycles. The average Bonchev–Trinajstić information content (AvgIpc) is 3.43. The summed E-state index contributed by atoms with van der Waals surface area (Å²) in [5.74, 6) is -0.934. The average molecular weight is 542 g/mol. The highest BCUT2D eigenvalue weighted by atomic mass is 32.2. The predicted octanol–water partition coefficient (Wildman–Crippen LogP) is 6.59. The number of amides is 3. The van der Waals surface area contributed by atoms with Gasteiger partial charge >= 0.3 is 0 Å². The Morgan fingerprint density at radius 1 is 0.895 bits per heavy atom. The Morgan fingerprint density at radius 3 is 2.39 bits per heavy atom. The molecule has 1 unspecified atom stereocenters. The third-order valence-electron chi connectivity index (χ3n) is 5.56. The monoisotopic (exact) mass is 541 g/mol. The van der Waals surface area contributed by atoms with Gasteiger partial charge in [-0.3, -0.25) is 14.4 Å². The summed E-state index contributed by atoms with van der Waals surface area (Å²) >= 11 is 2.89. The zero-order valence-corrected chi connectivity index (χ0v) is 22.6. The molecule has 8 heteroatoms. The van der Waals surface area contributed by atoms with Gasteiger partial charge in [0, 0.05) is 21.8 Å². The number of hydrogen-bond donors (Lipinski definition) is 3. The lowest BCUT2D eigenvalue weighted by atomic mass is 10.2. The molecule has 0 fully saturated rings. The molecule has 38 heavy (non-hydrogen) atoms. The number of rotatable bonds is 9. The number of benzene rings is 3. The molecule has 6 nitrogen and oxygen atoms in total. The van der Waals surface area contributed by atoms with Crippen LogP contribution in [0.3, 0.4) is 0 Å². The van der Waals surface area contributed by atoms with Crippen LogP contribution in [0.2, 0.25) is 0 Å². The van der Waals surface area contributed by atoms with Gasteiger partial charge in [0.15, 0.2) is 0 Å². The molecule has 3 amide bonds. The fourth-order valence-electron chi connectivity index (χ4n) is 3.52. The van der Waals surface area contributed by atoms with Gasteiger partial charge in [-0.15, -0.1) is 11.8 Å². The minimum Gasteiger partial charge on any atom is -0.325 e. The van der Waals surface area contributed by atoms with E-state index >= 15 is 0 Å². The standard InChI is InChI=1S/C30H27N3O3S2/c1-20-9-6-7-14-26(20)32-28(34)21(2)38-25-13-8-12-24(18-25)31-30(36)27(17-22-15-16-37-19-22)33-29(35)23-10-4-3-5-11-23/h3-19,21H,1-2H3,(H,31,36)(H,32,34)(H,33,35)/b27-17-. The lowest BCUT2D eigenvalue weighted by molar-refractivity contribution is -0.115. The van der Waals surface area contributed by atoms with Crippen LogP contribution < -0.4 is 16.0 Å². The molecule has 0 saturated heterocycles. The van der Waals surface area contributed by atoms with Crippen molar-refractivity contribution in [2.75, 3.05) is 10.6 Å². The van der Waals surface area contributed by atoms with Crippen molar-refractivity contribution in [3.05, 3.63) is 118 Å². The molecule has 1 atom stereocenters. The summed E-state index contributed by atoms with van der Waals surface area (Å²) < 4.78 is 0. The molecule has 3 N–H and O–H groups in total. The van der Waals surface area contributed by atoms with Gasteiger partial charge in [0.1, 0.15) is 5.70 Å². The maximum absolute atomic E-state index is 13.2. The van der Waals surface area contributed by atoms with Crippen LogP contribution in [-0.2, 0) is 9.59 Å². The first-order valence-corrected chi connectivity index (χ1v) is 13.8. The second-order valence-corrected chi connectivity index (χ2v) is 10.7. The first-order chi connectivity index (χ1) is 18.4. The third kappa shape index (κ3) is 7.44. The van der Waals surface area contributed by atoms with E-state index in [1.165, 1.54) is 23.1 Å². The highest BCUT2D eigenvalue weighted by molar-refractivity contribution is 8.00. The molecule has 0 bridgehead atoms. The topological polar surface area (TPSA) is 87.3 Å². The number of carbonyl (C=O) groups excluding carboxylic acids is 3. The Hall–Kier alpha value is -4.14. The zero-order chi connectivity index (χ0) is 26.9. The van der Waals surface area contributed by atoms with E-state index in [0.29, 0.717) is 11.3 Å². The number of anilines is 2. The van der Waals surface area contributed by atoms with Crippen LogP contribution in [0.15, 0.2) is 106 Å². The number of thioether (sulfide) groups is 1. The maximum atomic E-state index is 13.2. The lowest BCUT2D eigenvalue weighted by Gasteiger charge is -2.15. The molecule has 0 aliphatic carbocycles. The van der Waals surface area contributed by atoms with Gasteiger partial charge in [0.2, 0.25) is 5.91 Å². The molecular weight excluding hydrogens is 514 g/mol. The van der Waals surface area contributed by atoms with Gasteiger partial charge in [0.25, 0.3) is 11.8 Å². The van der Waals surface area contributed by atoms with Crippen molar-refractivity contribution in [3.8, 4) is 0 Å². The normalized spacial score (nSPS) is 11.9. The number of aryl methyl sites for hydroxylation is 1. The number of carbonyl (C=O) groups is 3. The molecule has 4 aromatic rings. The number of hydrogen-bond acceptors (Lipinski definition) is 5. The van der Waals surface area contributed by atoms with Crippen molar-refractivity contribution in [2.45, 2.75) is 24.0 Å². The quantitative estimate of drug-likeness (QED) is 0.165. The Bertz CT molecular complexity index is 1450. The number of para-hydroxylation sites is 1. The van der Waals surface area contributed by atoms with E-state index < -0.39 is 5.91 Å². The molecule has 0 radical (unpaired) electrons. The molecule has 0 aliphatic rings. The summed E-state index contributed by atoms with van der Waals surface area (Å²) in [6.45, 7) is 3.78. The highest BCUT2D eigenvalue weighted by Gasteiger charge is 2.18. The van der Waals surface area contributed by atoms with Crippen molar-refractivity contribution in [2.24, 2.45) is 0 Å². The Balaban J connectivity index is 1.45. The molecule has 192 valence electrons. The van der Waals surface area contributed by atoms with Crippen molar-refractivity contribution in [1.82, 2.24) is 5.32 Å². The first kappa shape index (κ1) is 26.9. The molecule has 4 rings (SSSR count). The van der Waals surface area contributed by atoms with Crippen LogP contribution in [0.1, 0.15) is 28.4 Å². The summed E-state index contributed by atoms with van der Waals surface area (Å²) in [6.07, 6.45) is 1.64. The summed E-state index contributed by atoms with van der Waals surface area (Å²) in [5, 5.41) is 12.0. The highest BCUT2D eigenvalue weighted by Crippen LogP contribution is 2.27. The summed E-state index contributed by atoms with van der Waals surface area (Å²) in [7, 11) is 0. The SMILES string of the molecule is Cc1ccccc1NC(=O)C(C)Sc1cccc(NC(=O)/C(=C/c2ccsc2)NC(=O)c2ccccc2)c1. The van der Waals surface area contributed by atoms with E-state index in [2.05, 4.69) is 16.0 Å². The largest absolute Gasteiger partial charge is 0.325 e. The van der Waals surface area contributed by atoms with Crippen LogP contribution in [-0.4, -0.2) is 23.0 Å². The third-order valence-corrected chi connectivity index (χ3v) is 7.36. The molecule has 0 saturated carbocycles. The summed E-state index contributed by atoms with van der Waals surface area (Å²) in [6, 6.07) is 25.5. The van der Waals surface area contributed by atoms with Crippen molar-refractivity contribution < 1.29 is 14.4 Å². The summed E-state index contributed by atoms with van der Waals surface area (Å²) in [4.78, 5) is 39.6. The Labute approximate surface area is 230 Å². The Kier molecular flexibility index (Phi) is 9.13. The number of thiophene rings is 1. The van der Waals surface area contributed by atoms with E-state index in [-0.39, 0.29) is 22.8 Å². The van der Waals surface area contributed by atoms with Gasteiger partial charge in [0.05, 0.1) is 5.25 Å². The van der Waals surface area contributed by atoms with Gasteiger partial charge in [-0.25, -0.2) is 0 Å². The van der Waals surface area contributed by atoms with E-state index in [9.17, 15) is 14.4 Å². The second kappa shape index (κ2) is 12.9. The van der Waals surface area contributed by atoms with Crippen LogP contribution in [0.25, 0.3) is 6.08 Å². The minimum absolute atomic E-state index is 0.108. The van der Waals surface area contributed by atoms with Crippen molar-refractivity contribution in [1.29, 1.82) is 0 Å². The summed E-state index contributed by atoms with van der Waals surface area (Å²) in [5.41, 5.74) is 3.72. The van der Waals surface area contributed by atoms with E-state index in [0.717, 1.165) is 21.7 Å². The number of nitrogens with one attached hydrogen (secondary N) is 3.